The lowest BCUT2D eigenvalue weighted by Gasteiger charge is -2.21. The highest BCUT2D eigenvalue weighted by Crippen LogP contribution is 2.19. The average Bonchev–Trinajstić information content (AvgIpc) is 2.35. The van der Waals surface area contributed by atoms with Crippen LogP contribution in [0, 0.1) is 5.41 Å². The van der Waals surface area contributed by atoms with E-state index in [0.717, 1.165) is 0 Å². The van der Waals surface area contributed by atoms with Crippen LogP contribution in [0.5, 0.6) is 5.75 Å². The Morgan fingerprint density at radius 2 is 2.15 bits per heavy atom. The Balaban J connectivity index is 2.83. The van der Waals surface area contributed by atoms with Crippen LogP contribution in [0.25, 0.3) is 0 Å². The minimum Gasteiger partial charge on any atom is -0.486 e. The van der Waals surface area contributed by atoms with Gasteiger partial charge in [-0.1, -0.05) is 6.07 Å². The summed E-state index contributed by atoms with van der Waals surface area (Å²) in [5.41, 5.74) is 5.58. The molecular weight excluding hydrogens is 280 g/mol. The van der Waals surface area contributed by atoms with Gasteiger partial charge in [0.25, 0.3) is 0 Å². The molecule has 0 fully saturated rings. The van der Waals surface area contributed by atoms with E-state index in [2.05, 4.69) is 4.72 Å². The third-order valence-corrected chi connectivity index (χ3v) is 4.26. The molecule has 7 nitrogen and oxygen atoms in total. The van der Waals surface area contributed by atoms with Crippen molar-refractivity contribution in [1.29, 1.82) is 5.41 Å². The van der Waals surface area contributed by atoms with E-state index in [1.165, 1.54) is 17.4 Å². The van der Waals surface area contributed by atoms with Gasteiger partial charge in [0, 0.05) is 19.2 Å². The maximum Gasteiger partial charge on any atom is 0.301 e. The fourth-order valence-corrected chi connectivity index (χ4v) is 2.43. The number of hydrogen-bond acceptors (Lipinski definition) is 4. The molecule has 0 spiro atoms. The molecular formula is C12H20N4O3S. The Labute approximate surface area is 119 Å². The van der Waals surface area contributed by atoms with Crippen molar-refractivity contribution < 1.29 is 13.2 Å². The van der Waals surface area contributed by atoms with Gasteiger partial charge in [-0.2, -0.15) is 12.7 Å². The zero-order valence-corrected chi connectivity index (χ0v) is 12.6. The summed E-state index contributed by atoms with van der Waals surface area (Å²) in [6.45, 7) is 3.53. The van der Waals surface area contributed by atoms with Gasteiger partial charge in [-0.15, -0.1) is 0 Å². The molecule has 0 atom stereocenters. The van der Waals surface area contributed by atoms with Crippen LogP contribution in [0.4, 0.5) is 5.69 Å². The normalized spacial score (nSPS) is 11.7. The SMILES string of the molecule is CC(C)N(C)S(=O)(=O)Nc1cccc(OCC(=N)N)c1. The third-order valence-electron chi connectivity index (χ3n) is 2.58. The number of hydrogen-bond donors (Lipinski definition) is 3. The highest BCUT2D eigenvalue weighted by atomic mass is 32.2. The van der Waals surface area contributed by atoms with Gasteiger partial charge in [-0.05, 0) is 26.0 Å². The maximum absolute atomic E-state index is 12.0. The number of nitrogens with two attached hydrogens (primary N) is 1. The van der Waals surface area contributed by atoms with Crippen LogP contribution >= 0.6 is 0 Å². The average molecular weight is 300 g/mol. The van der Waals surface area contributed by atoms with E-state index in [9.17, 15) is 8.42 Å². The van der Waals surface area contributed by atoms with Gasteiger partial charge in [0.2, 0.25) is 0 Å². The van der Waals surface area contributed by atoms with Crippen LogP contribution in [0.15, 0.2) is 24.3 Å². The second-order valence-corrected chi connectivity index (χ2v) is 6.29. The lowest BCUT2D eigenvalue weighted by atomic mass is 10.3. The minimum atomic E-state index is -3.60. The quantitative estimate of drug-likeness (QED) is 0.515. The Morgan fingerprint density at radius 1 is 1.50 bits per heavy atom. The summed E-state index contributed by atoms with van der Waals surface area (Å²) in [6.07, 6.45) is 0. The predicted octanol–water partition coefficient (Wildman–Crippen LogP) is 0.998. The first-order valence-electron chi connectivity index (χ1n) is 6.04. The Kier molecular flexibility index (Phi) is 5.34. The molecule has 1 aromatic rings. The second kappa shape index (κ2) is 6.58. The Morgan fingerprint density at radius 3 is 2.70 bits per heavy atom. The van der Waals surface area contributed by atoms with E-state index in [1.54, 1.807) is 32.0 Å². The number of rotatable bonds is 7. The maximum atomic E-state index is 12.0. The van der Waals surface area contributed by atoms with Gasteiger partial charge < -0.3 is 10.5 Å². The molecule has 0 aliphatic heterocycles. The summed E-state index contributed by atoms with van der Waals surface area (Å²) in [5.74, 6) is 0.336. The Hall–Kier alpha value is -1.80. The molecule has 0 aliphatic carbocycles. The standard InChI is InChI=1S/C12H20N4O3S/c1-9(2)16(3)20(17,18)15-10-5-4-6-11(7-10)19-8-12(13)14/h4-7,9,15H,8H2,1-3H3,(H3,13,14). The van der Waals surface area contributed by atoms with Crippen molar-refractivity contribution in [2.75, 3.05) is 18.4 Å². The van der Waals surface area contributed by atoms with Crippen molar-refractivity contribution >= 4 is 21.7 Å². The number of nitrogens with one attached hydrogen (secondary N) is 2. The van der Waals surface area contributed by atoms with Gasteiger partial charge in [0.05, 0.1) is 5.69 Å². The highest BCUT2D eigenvalue weighted by molar-refractivity contribution is 7.90. The summed E-state index contributed by atoms with van der Waals surface area (Å²) < 4.78 is 33.0. The number of benzene rings is 1. The van der Waals surface area contributed by atoms with Crippen molar-refractivity contribution in [3.63, 3.8) is 0 Å². The van der Waals surface area contributed by atoms with Crippen LogP contribution in [0.3, 0.4) is 0 Å². The molecule has 0 bridgehead atoms. The number of anilines is 1. The number of amidine groups is 1. The van der Waals surface area contributed by atoms with Gasteiger partial charge in [-0.25, -0.2) is 0 Å². The van der Waals surface area contributed by atoms with Crippen molar-refractivity contribution in [2.45, 2.75) is 19.9 Å². The minimum absolute atomic E-state index is 0.0396. The monoisotopic (exact) mass is 300 g/mol. The number of nitrogens with zero attached hydrogens (tertiary/aromatic N) is 1. The van der Waals surface area contributed by atoms with E-state index in [-0.39, 0.29) is 18.5 Å². The molecule has 1 aromatic carbocycles. The molecule has 20 heavy (non-hydrogen) atoms. The van der Waals surface area contributed by atoms with Crippen molar-refractivity contribution in [3.8, 4) is 5.75 Å². The molecule has 0 saturated carbocycles. The van der Waals surface area contributed by atoms with Crippen LogP contribution < -0.4 is 15.2 Å². The molecule has 0 aromatic heterocycles. The van der Waals surface area contributed by atoms with E-state index >= 15 is 0 Å². The summed E-state index contributed by atoms with van der Waals surface area (Å²) in [6, 6.07) is 6.32. The Bertz CT molecular complexity index is 572. The topological polar surface area (TPSA) is 109 Å². The van der Waals surface area contributed by atoms with Crippen molar-refractivity contribution in [3.05, 3.63) is 24.3 Å². The third kappa shape index (κ3) is 4.71. The van der Waals surface area contributed by atoms with E-state index in [4.69, 9.17) is 15.9 Å². The zero-order chi connectivity index (χ0) is 15.3. The molecule has 0 unspecified atom stereocenters. The van der Waals surface area contributed by atoms with Gasteiger partial charge in [-0.3, -0.25) is 10.1 Å². The first-order chi connectivity index (χ1) is 9.22. The van der Waals surface area contributed by atoms with Gasteiger partial charge in [0.1, 0.15) is 18.2 Å². The zero-order valence-electron chi connectivity index (χ0n) is 11.8. The molecule has 112 valence electrons. The highest BCUT2D eigenvalue weighted by Gasteiger charge is 2.20. The van der Waals surface area contributed by atoms with Crippen LogP contribution in [-0.2, 0) is 10.2 Å². The molecule has 0 aliphatic rings. The van der Waals surface area contributed by atoms with Crippen LogP contribution in [0.1, 0.15) is 13.8 Å². The molecule has 1 rings (SSSR count). The fourth-order valence-electron chi connectivity index (χ4n) is 1.31. The summed E-state index contributed by atoms with van der Waals surface area (Å²) in [5, 5.41) is 7.08. The van der Waals surface area contributed by atoms with Crippen molar-refractivity contribution in [1.82, 2.24) is 4.31 Å². The summed E-state index contributed by atoms with van der Waals surface area (Å²) >= 11 is 0. The largest absolute Gasteiger partial charge is 0.486 e. The molecule has 4 N–H and O–H groups in total. The van der Waals surface area contributed by atoms with E-state index in [1.807, 2.05) is 0 Å². The van der Waals surface area contributed by atoms with Crippen molar-refractivity contribution in [2.24, 2.45) is 5.73 Å². The summed E-state index contributed by atoms with van der Waals surface area (Å²) in [4.78, 5) is 0. The smallest absolute Gasteiger partial charge is 0.301 e. The molecule has 0 radical (unpaired) electrons. The lowest BCUT2D eigenvalue weighted by Crippen LogP contribution is -2.37. The lowest BCUT2D eigenvalue weighted by molar-refractivity contribution is 0.374. The molecule has 0 saturated heterocycles. The molecule has 0 heterocycles. The van der Waals surface area contributed by atoms with Gasteiger partial charge >= 0.3 is 10.2 Å². The fraction of sp³-hybridized carbons (Fsp3) is 0.417. The second-order valence-electron chi connectivity index (χ2n) is 4.56. The van der Waals surface area contributed by atoms with Gasteiger partial charge in [0.15, 0.2) is 0 Å². The van der Waals surface area contributed by atoms with Crippen LogP contribution in [0.2, 0.25) is 0 Å². The summed E-state index contributed by atoms with van der Waals surface area (Å²) in [7, 11) is -2.10. The molecule has 8 heteroatoms. The first kappa shape index (κ1) is 16.3. The predicted molar refractivity (Wildman–Crippen MR) is 79.3 cm³/mol. The van der Waals surface area contributed by atoms with E-state index in [0.29, 0.717) is 11.4 Å². The number of ether oxygens (including phenoxy) is 1. The van der Waals surface area contributed by atoms with Crippen LogP contribution in [-0.4, -0.2) is 38.3 Å². The first-order valence-corrected chi connectivity index (χ1v) is 7.48. The van der Waals surface area contributed by atoms with E-state index < -0.39 is 10.2 Å². The molecule has 0 amide bonds.